The van der Waals surface area contributed by atoms with Crippen molar-refractivity contribution in [2.75, 3.05) is 0 Å². The van der Waals surface area contributed by atoms with Gasteiger partial charge in [0.25, 0.3) is 0 Å². The van der Waals surface area contributed by atoms with Gasteiger partial charge in [-0.05, 0) is 24.3 Å². The molecular formula is C15H8F4N2O3S. The van der Waals surface area contributed by atoms with Gasteiger partial charge in [0.2, 0.25) is 15.7 Å². The van der Waals surface area contributed by atoms with Crippen molar-refractivity contribution >= 4 is 9.84 Å². The maximum atomic E-state index is 13.8. The average molecular weight is 372 g/mol. The third-order valence-electron chi connectivity index (χ3n) is 3.20. The Kier molecular flexibility index (Phi) is 4.07. The fraction of sp³-hybridized carbons (Fsp3) is 0.0667. The van der Waals surface area contributed by atoms with Gasteiger partial charge in [0.1, 0.15) is 10.7 Å². The van der Waals surface area contributed by atoms with Crippen molar-refractivity contribution in [3.05, 3.63) is 60.2 Å². The molecule has 1 heterocycles. The lowest BCUT2D eigenvalue weighted by Gasteiger charge is -2.06. The molecule has 1 aromatic heterocycles. The van der Waals surface area contributed by atoms with E-state index in [9.17, 15) is 26.0 Å². The zero-order chi connectivity index (χ0) is 18.2. The summed E-state index contributed by atoms with van der Waals surface area (Å²) in [6.45, 7) is 0. The van der Waals surface area contributed by atoms with Crippen molar-refractivity contribution in [3.8, 4) is 11.4 Å². The number of benzene rings is 2. The smallest absolute Gasteiger partial charge is 0.329 e. The molecule has 0 fully saturated rings. The van der Waals surface area contributed by atoms with Crippen molar-refractivity contribution in [2.45, 2.75) is 16.0 Å². The van der Waals surface area contributed by atoms with Crippen molar-refractivity contribution < 1.29 is 30.5 Å². The molecule has 0 aliphatic heterocycles. The molecule has 130 valence electrons. The van der Waals surface area contributed by atoms with Crippen LogP contribution in [0.5, 0.6) is 0 Å². The minimum atomic E-state index is -4.82. The van der Waals surface area contributed by atoms with Crippen LogP contribution in [-0.2, 0) is 16.0 Å². The molecule has 0 bridgehead atoms. The minimum absolute atomic E-state index is 0.0170. The van der Waals surface area contributed by atoms with E-state index >= 15 is 0 Å². The zero-order valence-electron chi connectivity index (χ0n) is 12.2. The largest absolute Gasteiger partial charge is 0.471 e. The number of aromatic nitrogens is 2. The molecule has 0 N–H and O–H groups in total. The van der Waals surface area contributed by atoms with E-state index < -0.39 is 38.4 Å². The van der Waals surface area contributed by atoms with Crippen LogP contribution in [0.2, 0.25) is 0 Å². The summed E-state index contributed by atoms with van der Waals surface area (Å²) in [7, 11) is -4.21. The molecular weight excluding hydrogens is 364 g/mol. The quantitative estimate of drug-likeness (QED) is 0.655. The van der Waals surface area contributed by atoms with Crippen LogP contribution < -0.4 is 0 Å². The fourth-order valence-corrected chi connectivity index (χ4v) is 3.42. The van der Waals surface area contributed by atoms with E-state index in [-0.39, 0.29) is 10.5 Å². The van der Waals surface area contributed by atoms with E-state index in [2.05, 4.69) is 14.7 Å². The second kappa shape index (κ2) is 5.96. The lowest BCUT2D eigenvalue weighted by molar-refractivity contribution is -0.159. The number of nitrogens with zero attached hydrogens (tertiary/aromatic N) is 2. The highest BCUT2D eigenvalue weighted by Crippen LogP contribution is 2.30. The minimum Gasteiger partial charge on any atom is -0.329 e. The van der Waals surface area contributed by atoms with E-state index in [1.165, 1.54) is 30.3 Å². The van der Waals surface area contributed by atoms with Crippen LogP contribution >= 0.6 is 0 Å². The summed E-state index contributed by atoms with van der Waals surface area (Å²) in [5.74, 6) is -2.92. The molecule has 0 atom stereocenters. The monoisotopic (exact) mass is 372 g/mol. The summed E-state index contributed by atoms with van der Waals surface area (Å²) < 4.78 is 80.5. The molecule has 0 amide bonds. The number of hydrogen-bond acceptors (Lipinski definition) is 5. The zero-order valence-corrected chi connectivity index (χ0v) is 13.0. The van der Waals surface area contributed by atoms with Crippen LogP contribution in [0.25, 0.3) is 11.4 Å². The van der Waals surface area contributed by atoms with Gasteiger partial charge >= 0.3 is 12.1 Å². The van der Waals surface area contributed by atoms with E-state index in [1.54, 1.807) is 0 Å². The van der Waals surface area contributed by atoms with E-state index in [0.29, 0.717) is 0 Å². The van der Waals surface area contributed by atoms with E-state index in [1.807, 2.05) is 0 Å². The van der Waals surface area contributed by atoms with Crippen LogP contribution in [0.3, 0.4) is 0 Å². The fourth-order valence-electron chi connectivity index (χ4n) is 2.05. The highest BCUT2D eigenvalue weighted by molar-refractivity contribution is 7.91. The first-order valence-electron chi connectivity index (χ1n) is 6.70. The van der Waals surface area contributed by atoms with Gasteiger partial charge < -0.3 is 4.52 Å². The SMILES string of the molecule is O=S(=O)(c1cccc(-c2noc(C(F)(F)F)n2)c1)c1ccccc1F. The highest BCUT2D eigenvalue weighted by Gasteiger charge is 2.38. The Balaban J connectivity index is 2.06. The molecule has 0 aliphatic carbocycles. The van der Waals surface area contributed by atoms with Gasteiger partial charge in [-0.3, -0.25) is 0 Å². The lowest BCUT2D eigenvalue weighted by atomic mass is 10.2. The summed E-state index contributed by atoms with van der Waals surface area (Å²) in [5, 5.41) is 3.19. The third-order valence-corrected chi connectivity index (χ3v) is 4.98. The molecule has 0 saturated heterocycles. The van der Waals surface area contributed by atoms with Gasteiger partial charge in [0, 0.05) is 5.56 Å². The molecule has 0 unspecified atom stereocenters. The number of halogens is 4. The van der Waals surface area contributed by atoms with Crippen molar-refractivity contribution in [1.29, 1.82) is 0 Å². The lowest BCUT2D eigenvalue weighted by Crippen LogP contribution is -2.05. The Bertz CT molecular complexity index is 1030. The highest BCUT2D eigenvalue weighted by atomic mass is 32.2. The maximum absolute atomic E-state index is 13.8. The van der Waals surface area contributed by atoms with Crippen LogP contribution in [-0.4, -0.2) is 18.6 Å². The van der Waals surface area contributed by atoms with Crippen molar-refractivity contribution in [3.63, 3.8) is 0 Å². The second-order valence-electron chi connectivity index (χ2n) is 4.88. The van der Waals surface area contributed by atoms with Gasteiger partial charge in [-0.25, -0.2) is 12.8 Å². The van der Waals surface area contributed by atoms with Gasteiger partial charge in [0.05, 0.1) is 4.90 Å². The second-order valence-corrected chi connectivity index (χ2v) is 6.80. The first kappa shape index (κ1) is 17.1. The first-order valence-corrected chi connectivity index (χ1v) is 8.19. The van der Waals surface area contributed by atoms with Crippen LogP contribution in [0.4, 0.5) is 17.6 Å². The van der Waals surface area contributed by atoms with Crippen LogP contribution in [0.1, 0.15) is 5.89 Å². The average Bonchev–Trinajstić information content (AvgIpc) is 3.05. The van der Waals surface area contributed by atoms with Gasteiger partial charge in [-0.2, -0.15) is 18.2 Å². The van der Waals surface area contributed by atoms with Crippen molar-refractivity contribution in [1.82, 2.24) is 10.1 Å². The van der Waals surface area contributed by atoms with Gasteiger partial charge in [-0.1, -0.05) is 29.4 Å². The summed E-state index contributed by atoms with van der Waals surface area (Å²) in [6.07, 6.45) is -4.82. The summed E-state index contributed by atoms with van der Waals surface area (Å²) in [6, 6.07) is 9.61. The number of sulfone groups is 1. The predicted octanol–water partition coefficient (Wildman–Crippen LogP) is 3.73. The van der Waals surface area contributed by atoms with Crippen LogP contribution in [0, 0.1) is 5.82 Å². The Hall–Kier alpha value is -2.75. The molecule has 5 nitrogen and oxygen atoms in total. The molecule has 3 aromatic rings. The Morgan fingerprint density at radius 3 is 2.36 bits per heavy atom. The van der Waals surface area contributed by atoms with E-state index in [0.717, 1.165) is 18.2 Å². The maximum Gasteiger partial charge on any atom is 0.471 e. The number of rotatable bonds is 3. The number of hydrogen-bond donors (Lipinski definition) is 0. The van der Waals surface area contributed by atoms with Gasteiger partial charge in [-0.15, -0.1) is 0 Å². The van der Waals surface area contributed by atoms with Gasteiger partial charge in [0.15, 0.2) is 0 Å². The predicted molar refractivity (Wildman–Crippen MR) is 76.6 cm³/mol. The summed E-state index contributed by atoms with van der Waals surface area (Å²) in [4.78, 5) is 2.34. The molecule has 0 spiro atoms. The Labute approximate surface area is 138 Å². The molecule has 0 saturated carbocycles. The molecule has 0 aliphatic rings. The Morgan fingerprint density at radius 1 is 1.00 bits per heavy atom. The molecule has 2 aromatic carbocycles. The normalized spacial score (nSPS) is 12.3. The first-order chi connectivity index (χ1) is 11.7. The Morgan fingerprint density at radius 2 is 1.72 bits per heavy atom. The standard InChI is InChI=1S/C15H8F4N2O3S/c16-11-6-1-2-7-12(11)25(22,23)10-5-3-4-9(8-10)13-20-14(24-21-13)15(17,18)19/h1-8H. The van der Waals surface area contributed by atoms with Crippen LogP contribution in [0.15, 0.2) is 62.8 Å². The molecule has 3 rings (SSSR count). The van der Waals surface area contributed by atoms with E-state index in [4.69, 9.17) is 0 Å². The number of alkyl halides is 3. The molecule has 25 heavy (non-hydrogen) atoms. The summed E-state index contributed by atoms with van der Waals surface area (Å²) >= 11 is 0. The van der Waals surface area contributed by atoms with Crippen molar-refractivity contribution in [2.24, 2.45) is 0 Å². The molecule has 0 radical (unpaired) electrons. The third kappa shape index (κ3) is 3.25. The topological polar surface area (TPSA) is 73.1 Å². The summed E-state index contributed by atoms with van der Waals surface area (Å²) in [5.41, 5.74) is -0.0170. The molecule has 10 heteroatoms.